The van der Waals surface area contributed by atoms with Gasteiger partial charge in [0.25, 0.3) is 0 Å². The maximum atomic E-state index is 14.3. The molecule has 0 unspecified atom stereocenters. The van der Waals surface area contributed by atoms with Crippen LogP contribution in [0.2, 0.25) is 0 Å². The molecule has 13 nitrogen and oxygen atoms in total. The molecule has 1 aromatic heterocycles. The van der Waals surface area contributed by atoms with Gasteiger partial charge >= 0.3 is 6.03 Å². The lowest BCUT2D eigenvalue weighted by molar-refractivity contribution is -0.157. The zero-order valence-corrected chi connectivity index (χ0v) is 26.0. The molecule has 2 fully saturated rings. The standard InChI is InChI=1S/C32H31FN10O3S/c33-23-7-4-19(5-8-23)14-36-32(46)41(11-10-34)42-18-28(44)43-25(13-20-6-9-24-22(12-20)15-37-39-24)30(45)40(17-27(42)43)16-21-2-1-3-26-29(21)38-31(35)47-26/h1-9,12,25,27,37,39H,11,13-18H2,(H2,35,38)(H,36,46)/t25-,27+/m0/s1. The minimum atomic E-state index is -0.849. The second-order valence-corrected chi connectivity index (χ2v) is 12.7. The number of nitrogens with zero attached hydrogens (tertiary/aromatic N) is 6. The van der Waals surface area contributed by atoms with E-state index in [0.29, 0.717) is 22.8 Å². The molecule has 0 saturated carbocycles. The van der Waals surface area contributed by atoms with E-state index in [2.05, 4.69) is 21.2 Å². The highest BCUT2D eigenvalue weighted by molar-refractivity contribution is 7.22. The van der Waals surface area contributed by atoms with E-state index < -0.39 is 24.1 Å². The molecule has 4 amide bonds. The first-order valence-electron chi connectivity index (χ1n) is 15.1. The molecule has 0 bridgehead atoms. The fourth-order valence-corrected chi connectivity index (χ4v) is 7.25. The van der Waals surface area contributed by atoms with Gasteiger partial charge in [0, 0.05) is 26.1 Å². The number of halogens is 1. The minimum absolute atomic E-state index is 0.0905. The number of hydrogen-bond acceptors (Lipinski definition) is 10. The number of piperazine rings is 1. The second kappa shape index (κ2) is 12.5. The maximum Gasteiger partial charge on any atom is 0.333 e. The van der Waals surface area contributed by atoms with Crippen LogP contribution in [0.3, 0.4) is 0 Å². The Hall–Kier alpha value is -5.30. The van der Waals surface area contributed by atoms with E-state index in [9.17, 15) is 24.0 Å². The van der Waals surface area contributed by atoms with Crippen molar-refractivity contribution in [3.05, 3.63) is 88.7 Å². The SMILES string of the molecule is N#CCN(C(=O)NCc1ccc(F)cc1)N1CC(=O)N2[C@@H](Cc3ccc4c(c3)CNN4)C(=O)N(Cc3cccc4sc(N)nc34)C[C@@H]21. The van der Waals surface area contributed by atoms with Crippen molar-refractivity contribution in [2.45, 2.75) is 38.3 Å². The number of nitrogen functional groups attached to an aromatic ring is 1. The number of thiazole rings is 1. The van der Waals surface area contributed by atoms with Gasteiger partial charge in [-0.25, -0.2) is 24.6 Å². The van der Waals surface area contributed by atoms with Gasteiger partial charge < -0.3 is 26.3 Å². The largest absolute Gasteiger partial charge is 0.375 e. The van der Waals surface area contributed by atoms with Crippen LogP contribution >= 0.6 is 11.3 Å². The number of aromatic nitrogens is 1. The third-order valence-electron chi connectivity index (χ3n) is 8.67. The molecule has 3 aromatic carbocycles. The molecule has 0 radical (unpaired) electrons. The Morgan fingerprint density at radius 1 is 1.17 bits per heavy atom. The number of carbonyl (C=O) groups excluding carboxylic acids is 3. The van der Waals surface area contributed by atoms with Crippen molar-refractivity contribution in [3.63, 3.8) is 0 Å². The number of hydrogen-bond donors (Lipinski definition) is 4. The van der Waals surface area contributed by atoms with Crippen LogP contribution < -0.4 is 21.9 Å². The molecule has 240 valence electrons. The number of nitrogens with one attached hydrogen (secondary N) is 3. The molecule has 15 heteroatoms. The van der Waals surface area contributed by atoms with E-state index in [1.807, 2.05) is 42.5 Å². The van der Waals surface area contributed by atoms with Crippen LogP contribution in [0.5, 0.6) is 0 Å². The zero-order chi connectivity index (χ0) is 32.7. The number of benzene rings is 3. The first-order chi connectivity index (χ1) is 22.8. The molecular weight excluding hydrogens is 623 g/mol. The number of amides is 4. The van der Waals surface area contributed by atoms with Gasteiger partial charge in [0.1, 0.15) is 24.6 Å². The van der Waals surface area contributed by atoms with Crippen molar-refractivity contribution >= 4 is 50.2 Å². The summed E-state index contributed by atoms with van der Waals surface area (Å²) in [6.45, 7) is 0.520. The van der Waals surface area contributed by atoms with E-state index in [1.165, 1.54) is 28.5 Å². The van der Waals surface area contributed by atoms with Gasteiger partial charge in [0.05, 0.1) is 35.1 Å². The Balaban J connectivity index is 1.20. The smallest absolute Gasteiger partial charge is 0.333 e. The summed E-state index contributed by atoms with van der Waals surface area (Å²) < 4.78 is 14.3. The van der Waals surface area contributed by atoms with Gasteiger partial charge in [-0.3, -0.25) is 9.59 Å². The van der Waals surface area contributed by atoms with Crippen LogP contribution in [0.25, 0.3) is 10.2 Å². The molecule has 7 rings (SSSR count). The number of carbonyl (C=O) groups is 3. The van der Waals surface area contributed by atoms with E-state index in [4.69, 9.17) is 5.73 Å². The highest BCUT2D eigenvalue weighted by Crippen LogP contribution is 2.33. The van der Waals surface area contributed by atoms with Crippen LogP contribution in [0.4, 0.5) is 20.0 Å². The van der Waals surface area contributed by atoms with E-state index >= 15 is 0 Å². The molecule has 3 aliphatic rings. The number of hydrazine groups is 2. The molecule has 4 heterocycles. The third-order valence-corrected chi connectivity index (χ3v) is 9.52. The summed E-state index contributed by atoms with van der Waals surface area (Å²) in [6, 6.07) is 17.9. The number of para-hydroxylation sites is 1. The quantitative estimate of drug-likeness (QED) is 0.209. The maximum absolute atomic E-state index is 14.3. The van der Waals surface area contributed by atoms with Crippen molar-refractivity contribution in [2.24, 2.45) is 0 Å². The Morgan fingerprint density at radius 3 is 2.79 bits per heavy atom. The average Bonchev–Trinajstić information content (AvgIpc) is 3.77. The summed E-state index contributed by atoms with van der Waals surface area (Å²) in [5.41, 5.74) is 17.3. The van der Waals surface area contributed by atoms with Crippen molar-refractivity contribution in [1.82, 2.24) is 35.5 Å². The first-order valence-corrected chi connectivity index (χ1v) is 15.9. The van der Waals surface area contributed by atoms with Crippen LogP contribution in [-0.4, -0.2) is 74.5 Å². The number of anilines is 2. The Labute approximate surface area is 273 Å². The van der Waals surface area contributed by atoms with Crippen molar-refractivity contribution in [2.75, 3.05) is 30.8 Å². The Morgan fingerprint density at radius 2 is 1.98 bits per heavy atom. The molecular formula is C32H31FN10O3S. The summed E-state index contributed by atoms with van der Waals surface area (Å²) in [7, 11) is 0. The van der Waals surface area contributed by atoms with Crippen molar-refractivity contribution < 1.29 is 18.8 Å². The zero-order valence-electron chi connectivity index (χ0n) is 25.1. The summed E-state index contributed by atoms with van der Waals surface area (Å²) >= 11 is 1.37. The summed E-state index contributed by atoms with van der Waals surface area (Å²) in [5.74, 6) is -0.933. The summed E-state index contributed by atoms with van der Waals surface area (Å²) in [4.78, 5) is 49.3. The molecule has 3 aliphatic heterocycles. The number of nitrogens with two attached hydrogens (primary N) is 1. The summed E-state index contributed by atoms with van der Waals surface area (Å²) in [6.07, 6.45) is -0.450. The first kappa shape index (κ1) is 30.4. The fourth-order valence-electron chi connectivity index (χ4n) is 6.46. The molecule has 47 heavy (non-hydrogen) atoms. The van der Waals surface area contributed by atoms with Gasteiger partial charge in [0.2, 0.25) is 11.8 Å². The van der Waals surface area contributed by atoms with Gasteiger partial charge in [-0.1, -0.05) is 47.7 Å². The van der Waals surface area contributed by atoms with Gasteiger partial charge in [0.15, 0.2) is 5.13 Å². The van der Waals surface area contributed by atoms with Crippen LogP contribution in [0, 0.1) is 17.1 Å². The monoisotopic (exact) mass is 654 g/mol. The molecule has 4 aromatic rings. The molecule has 2 saturated heterocycles. The number of urea groups is 1. The second-order valence-electron chi connectivity index (χ2n) is 11.6. The van der Waals surface area contributed by atoms with E-state index in [1.54, 1.807) is 26.9 Å². The van der Waals surface area contributed by atoms with Crippen molar-refractivity contribution in [3.8, 4) is 6.07 Å². The van der Waals surface area contributed by atoms with E-state index in [0.717, 1.165) is 27.1 Å². The Kier molecular flexibility index (Phi) is 8.06. The van der Waals surface area contributed by atoms with Crippen LogP contribution in [-0.2, 0) is 35.6 Å². The predicted octanol–water partition coefficient (Wildman–Crippen LogP) is 2.52. The third kappa shape index (κ3) is 5.89. The minimum Gasteiger partial charge on any atom is -0.375 e. The van der Waals surface area contributed by atoms with Crippen molar-refractivity contribution in [1.29, 1.82) is 5.26 Å². The fraction of sp³-hybridized carbons (Fsp3) is 0.281. The lowest BCUT2D eigenvalue weighted by Crippen LogP contribution is -2.66. The number of rotatable bonds is 8. The molecule has 0 aliphatic carbocycles. The topological polar surface area (TPSA) is 163 Å². The summed E-state index contributed by atoms with van der Waals surface area (Å²) in [5, 5.41) is 15.7. The number of nitriles is 1. The van der Waals surface area contributed by atoms with Gasteiger partial charge in [-0.05, 0) is 46.5 Å². The lowest BCUT2D eigenvalue weighted by atomic mass is 9.98. The molecule has 0 spiro atoms. The normalized spacial score (nSPS) is 19.0. The highest BCUT2D eigenvalue weighted by Gasteiger charge is 2.52. The highest BCUT2D eigenvalue weighted by atomic mass is 32.1. The van der Waals surface area contributed by atoms with Gasteiger partial charge in [-0.15, -0.1) is 0 Å². The Bertz CT molecular complexity index is 1910. The lowest BCUT2D eigenvalue weighted by Gasteiger charge is -2.46. The van der Waals surface area contributed by atoms with Gasteiger partial charge in [-0.2, -0.15) is 10.3 Å². The van der Waals surface area contributed by atoms with Crippen LogP contribution in [0.15, 0.2) is 60.7 Å². The average molecular weight is 655 g/mol. The predicted molar refractivity (Wildman–Crippen MR) is 172 cm³/mol. The molecule has 5 N–H and O–H groups in total. The molecule has 2 atom stereocenters. The number of fused-ring (bicyclic) bond motifs is 3. The van der Waals surface area contributed by atoms with Crippen LogP contribution in [0.1, 0.15) is 22.3 Å². The van der Waals surface area contributed by atoms with E-state index in [-0.39, 0.29) is 51.0 Å².